The molecule has 0 fully saturated rings. The van der Waals surface area contributed by atoms with Crippen LogP contribution in [0.3, 0.4) is 0 Å². The maximum Gasteiger partial charge on any atom is 0.0726 e. The van der Waals surface area contributed by atoms with E-state index in [2.05, 4.69) is 27.6 Å². The van der Waals surface area contributed by atoms with Gasteiger partial charge in [-0.15, -0.1) is 12.4 Å². The third-order valence-corrected chi connectivity index (χ3v) is 1.99. The molecule has 1 heterocycles. The highest BCUT2D eigenvalue weighted by molar-refractivity contribution is 14.1. The van der Waals surface area contributed by atoms with Crippen molar-refractivity contribution in [3.05, 3.63) is 26.5 Å². The Balaban J connectivity index is 0.000001000. The molecule has 0 aromatic carbocycles. The first kappa shape index (κ1) is 11.4. The van der Waals surface area contributed by atoms with Crippen molar-refractivity contribution in [1.82, 2.24) is 4.98 Å². The summed E-state index contributed by atoms with van der Waals surface area (Å²) in [6.07, 6.45) is 1.74. The van der Waals surface area contributed by atoms with E-state index in [0.29, 0.717) is 11.6 Å². The molecule has 0 aliphatic carbocycles. The van der Waals surface area contributed by atoms with Crippen LogP contribution >= 0.6 is 46.6 Å². The van der Waals surface area contributed by atoms with E-state index in [1.807, 2.05) is 6.07 Å². The Morgan fingerprint density at radius 2 is 2.27 bits per heavy atom. The monoisotopic (exact) mass is 304 g/mol. The average Bonchev–Trinajstić information content (AvgIpc) is 1.88. The first-order valence-corrected chi connectivity index (χ1v) is 4.19. The van der Waals surface area contributed by atoms with E-state index >= 15 is 0 Å². The van der Waals surface area contributed by atoms with Crippen molar-refractivity contribution in [2.75, 3.05) is 0 Å². The molecule has 0 bridgehead atoms. The van der Waals surface area contributed by atoms with Crippen molar-refractivity contribution in [2.45, 2.75) is 6.54 Å². The summed E-state index contributed by atoms with van der Waals surface area (Å²) in [6, 6.07) is 1.84. The third kappa shape index (κ3) is 3.11. The summed E-state index contributed by atoms with van der Waals surface area (Å²) < 4.78 is 1.03. The number of nitrogens with zero attached hydrogens (tertiary/aromatic N) is 1. The van der Waals surface area contributed by atoms with Gasteiger partial charge in [0, 0.05) is 16.3 Å². The van der Waals surface area contributed by atoms with Crippen LogP contribution in [0.1, 0.15) is 5.69 Å². The van der Waals surface area contributed by atoms with Gasteiger partial charge in [-0.25, -0.2) is 0 Å². The van der Waals surface area contributed by atoms with Gasteiger partial charge in [-0.1, -0.05) is 11.6 Å². The minimum Gasteiger partial charge on any atom is -0.325 e. The minimum atomic E-state index is 0. The van der Waals surface area contributed by atoms with Crippen molar-refractivity contribution >= 4 is 46.6 Å². The molecule has 1 aromatic rings. The van der Waals surface area contributed by atoms with Gasteiger partial charge < -0.3 is 5.73 Å². The fourth-order valence-electron chi connectivity index (χ4n) is 0.593. The van der Waals surface area contributed by atoms with Gasteiger partial charge in [0.25, 0.3) is 0 Å². The molecule has 2 nitrogen and oxygen atoms in total. The first-order valence-electron chi connectivity index (χ1n) is 2.74. The molecule has 1 aromatic heterocycles. The number of halogens is 3. The Morgan fingerprint density at radius 3 is 2.73 bits per heavy atom. The standard InChI is InChI=1S/C6H6ClIN2.ClH/c7-5-1-4(8)3-10-6(5)2-9;/h1,3H,2,9H2;1H. The summed E-state index contributed by atoms with van der Waals surface area (Å²) in [5, 5.41) is 0.648. The number of hydrogen-bond donors (Lipinski definition) is 1. The van der Waals surface area contributed by atoms with E-state index in [9.17, 15) is 0 Å². The zero-order chi connectivity index (χ0) is 7.56. The average molecular weight is 305 g/mol. The lowest BCUT2D eigenvalue weighted by molar-refractivity contribution is 0.988. The Bertz CT molecular complexity index is 242. The molecule has 0 saturated carbocycles. The maximum atomic E-state index is 5.78. The van der Waals surface area contributed by atoms with Gasteiger partial charge in [0.1, 0.15) is 0 Å². The van der Waals surface area contributed by atoms with Crippen LogP contribution in [-0.4, -0.2) is 4.98 Å². The summed E-state index contributed by atoms with van der Waals surface area (Å²) in [4.78, 5) is 4.03. The zero-order valence-electron chi connectivity index (χ0n) is 5.55. The molecular formula is C6H7Cl2IN2. The van der Waals surface area contributed by atoms with Gasteiger partial charge in [-0.05, 0) is 28.7 Å². The van der Waals surface area contributed by atoms with Crippen LogP contribution < -0.4 is 5.73 Å². The lowest BCUT2D eigenvalue weighted by Gasteiger charge is -1.98. The Kier molecular flexibility index (Phi) is 5.33. The second kappa shape index (κ2) is 5.13. The Labute approximate surface area is 90.1 Å². The summed E-state index contributed by atoms with van der Waals surface area (Å²) in [6.45, 7) is 0.399. The van der Waals surface area contributed by atoms with Gasteiger partial charge >= 0.3 is 0 Å². The predicted octanol–water partition coefficient (Wildman–Crippen LogP) is 2.22. The zero-order valence-corrected chi connectivity index (χ0v) is 9.28. The van der Waals surface area contributed by atoms with Crippen LogP contribution in [0.25, 0.3) is 0 Å². The lowest BCUT2D eigenvalue weighted by atomic mass is 10.3. The topological polar surface area (TPSA) is 38.9 Å². The third-order valence-electron chi connectivity index (χ3n) is 1.08. The van der Waals surface area contributed by atoms with Crippen molar-refractivity contribution < 1.29 is 0 Å². The molecule has 0 atom stereocenters. The molecule has 0 amide bonds. The molecule has 0 aliphatic rings. The van der Waals surface area contributed by atoms with Crippen molar-refractivity contribution in [1.29, 1.82) is 0 Å². The fraction of sp³-hybridized carbons (Fsp3) is 0.167. The van der Waals surface area contributed by atoms with Gasteiger partial charge in [0.05, 0.1) is 10.7 Å². The van der Waals surface area contributed by atoms with Gasteiger partial charge in [-0.2, -0.15) is 0 Å². The number of nitrogens with two attached hydrogens (primary N) is 1. The molecule has 2 N–H and O–H groups in total. The second-order valence-corrected chi connectivity index (χ2v) is 3.44. The smallest absolute Gasteiger partial charge is 0.0726 e. The van der Waals surface area contributed by atoms with E-state index in [0.717, 1.165) is 9.26 Å². The molecule has 0 aliphatic heterocycles. The second-order valence-electron chi connectivity index (χ2n) is 1.79. The Hall–Kier alpha value is 0.420. The quantitative estimate of drug-likeness (QED) is 0.808. The minimum absolute atomic E-state index is 0. The highest BCUT2D eigenvalue weighted by atomic mass is 127. The summed E-state index contributed by atoms with van der Waals surface area (Å²) in [7, 11) is 0. The van der Waals surface area contributed by atoms with E-state index < -0.39 is 0 Å². The van der Waals surface area contributed by atoms with Crippen molar-refractivity contribution in [3.8, 4) is 0 Å². The van der Waals surface area contributed by atoms with Crippen LogP contribution in [0.15, 0.2) is 12.3 Å². The highest BCUT2D eigenvalue weighted by Crippen LogP contribution is 2.15. The molecule has 0 spiro atoms. The fourth-order valence-corrected chi connectivity index (χ4v) is 1.47. The number of hydrogen-bond acceptors (Lipinski definition) is 2. The van der Waals surface area contributed by atoms with E-state index in [-0.39, 0.29) is 12.4 Å². The maximum absolute atomic E-state index is 5.78. The van der Waals surface area contributed by atoms with Gasteiger partial charge in [0.15, 0.2) is 0 Å². The normalized spacial score (nSPS) is 9.00. The molecule has 11 heavy (non-hydrogen) atoms. The van der Waals surface area contributed by atoms with E-state index in [1.54, 1.807) is 6.20 Å². The summed E-state index contributed by atoms with van der Waals surface area (Å²) in [5.41, 5.74) is 6.10. The van der Waals surface area contributed by atoms with Crippen LogP contribution in [0.2, 0.25) is 5.02 Å². The van der Waals surface area contributed by atoms with Gasteiger partial charge in [-0.3, -0.25) is 4.98 Å². The molecule has 0 unspecified atom stereocenters. The van der Waals surface area contributed by atoms with E-state index in [1.165, 1.54) is 0 Å². The highest BCUT2D eigenvalue weighted by Gasteiger charge is 1.98. The SMILES string of the molecule is Cl.NCc1ncc(I)cc1Cl. The Morgan fingerprint density at radius 1 is 1.64 bits per heavy atom. The van der Waals surface area contributed by atoms with Gasteiger partial charge in [0.2, 0.25) is 0 Å². The van der Waals surface area contributed by atoms with Crippen molar-refractivity contribution in [2.24, 2.45) is 5.73 Å². The largest absolute Gasteiger partial charge is 0.325 e. The molecule has 1 rings (SSSR count). The molecule has 0 radical (unpaired) electrons. The summed E-state index contributed by atoms with van der Waals surface area (Å²) >= 11 is 7.93. The number of rotatable bonds is 1. The molecule has 0 saturated heterocycles. The summed E-state index contributed by atoms with van der Waals surface area (Å²) in [5.74, 6) is 0. The molecular weight excluding hydrogens is 298 g/mol. The van der Waals surface area contributed by atoms with Crippen LogP contribution in [0.4, 0.5) is 0 Å². The predicted molar refractivity (Wildman–Crippen MR) is 57.1 cm³/mol. The van der Waals surface area contributed by atoms with Crippen LogP contribution in [0.5, 0.6) is 0 Å². The first-order chi connectivity index (χ1) is 4.74. The van der Waals surface area contributed by atoms with Crippen molar-refractivity contribution in [3.63, 3.8) is 0 Å². The molecule has 62 valence electrons. The number of pyridine rings is 1. The van der Waals surface area contributed by atoms with Crippen LogP contribution in [-0.2, 0) is 6.54 Å². The lowest BCUT2D eigenvalue weighted by Crippen LogP contribution is -2.00. The van der Waals surface area contributed by atoms with Crippen LogP contribution in [0, 0.1) is 3.57 Å². The molecule has 5 heteroatoms. The van der Waals surface area contributed by atoms with E-state index in [4.69, 9.17) is 17.3 Å². The number of aromatic nitrogens is 1.